The highest BCUT2D eigenvalue weighted by Gasteiger charge is 2.34. The summed E-state index contributed by atoms with van der Waals surface area (Å²) < 4.78 is 82.0. The van der Waals surface area contributed by atoms with E-state index in [1.165, 1.54) is 12.1 Å². The Hall–Kier alpha value is -2.84. The second-order valence-corrected chi connectivity index (χ2v) is 20.3. The summed E-state index contributed by atoms with van der Waals surface area (Å²) in [6.07, 6.45) is 4.38. The number of hydrogen-bond acceptors (Lipinski definition) is 10. The van der Waals surface area contributed by atoms with E-state index in [1.807, 2.05) is 0 Å². The SMILES string of the molecule is O=S(=O)(O)c1cc2c(s1)-c1c(c(COCCCCCCOCc3nn(-c4ccc(Cl)cc4Cl)c4c3Cc3cc(S(=O)(=O)O)sc3-4)nn1-c1ccc(Cl)cc1Cl)C2. The minimum absolute atomic E-state index is 0.124. The van der Waals surface area contributed by atoms with Gasteiger partial charge in [-0.2, -0.15) is 27.0 Å². The summed E-state index contributed by atoms with van der Waals surface area (Å²) in [5, 5.41) is 11.3. The highest BCUT2D eigenvalue weighted by molar-refractivity contribution is 7.88. The van der Waals surface area contributed by atoms with Gasteiger partial charge in [0.05, 0.1) is 67.2 Å². The maximum Gasteiger partial charge on any atom is 0.304 e. The molecule has 2 aliphatic carbocycles. The number of unbranched alkanes of at least 4 members (excludes halogenated alkanes) is 3. The van der Waals surface area contributed by atoms with E-state index in [-0.39, 0.29) is 21.6 Å². The van der Waals surface area contributed by atoms with Crippen molar-refractivity contribution >= 4 is 89.3 Å². The van der Waals surface area contributed by atoms with Crippen molar-refractivity contribution < 1.29 is 35.4 Å². The molecule has 0 atom stereocenters. The van der Waals surface area contributed by atoms with Crippen LogP contribution < -0.4 is 0 Å². The molecule has 0 aliphatic heterocycles. The lowest BCUT2D eigenvalue weighted by Crippen LogP contribution is -2.03. The maximum atomic E-state index is 11.9. The van der Waals surface area contributed by atoms with Crippen LogP contribution in [0.25, 0.3) is 32.5 Å². The molecule has 0 bridgehead atoms. The van der Waals surface area contributed by atoms with Gasteiger partial charge in [0.15, 0.2) is 0 Å². The van der Waals surface area contributed by atoms with Gasteiger partial charge >= 0.3 is 20.2 Å². The van der Waals surface area contributed by atoms with Crippen molar-refractivity contribution in [2.75, 3.05) is 13.2 Å². The fourth-order valence-corrected chi connectivity index (χ4v) is 11.8. The fraction of sp³-hybridized carbons (Fsp3) is 0.278. The van der Waals surface area contributed by atoms with Crippen molar-refractivity contribution in [2.45, 2.75) is 60.2 Å². The van der Waals surface area contributed by atoms with Crippen LogP contribution >= 0.6 is 69.1 Å². The lowest BCUT2D eigenvalue weighted by Gasteiger charge is -2.08. The summed E-state index contributed by atoms with van der Waals surface area (Å²) in [5.74, 6) is 0. The van der Waals surface area contributed by atoms with Gasteiger partial charge in [-0.25, -0.2) is 9.36 Å². The van der Waals surface area contributed by atoms with E-state index < -0.39 is 20.2 Å². The minimum atomic E-state index is -4.36. The third-order valence-corrected chi connectivity index (χ3v) is 15.5. The molecule has 0 amide bonds. The number of thiophene rings is 2. The standard InChI is InChI=1S/C36H30Cl4N4O8S4/c37-21-5-7-29(25(39)15-21)43-33-23(11-19-13-31(53-35(19)33)55(45,46)47)27(41-43)17-51-9-3-1-2-4-10-52-18-28-24-12-20-14-32(56(48,49)50)54-36(20)34(24)44(42-28)30-8-6-22(38)16-26(30)40/h5-8,13-16H,1-4,9-12,17-18H2,(H,45,46,47)(H,48,49,50). The predicted octanol–water partition coefficient (Wildman–Crippen LogP) is 9.72. The molecule has 4 heterocycles. The van der Waals surface area contributed by atoms with Gasteiger partial charge < -0.3 is 9.47 Å². The molecule has 2 N–H and O–H groups in total. The van der Waals surface area contributed by atoms with Gasteiger partial charge in [0.1, 0.15) is 8.42 Å². The molecular weight excluding hydrogens is 886 g/mol. The Bertz CT molecular complexity index is 2560. The van der Waals surface area contributed by atoms with Crippen LogP contribution in [0.4, 0.5) is 0 Å². The molecular formula is C36H30Cl4N4O8S4. The van der Waals surface area contributed by atoms with Crippen molar-refractivity contribution in [3.8, 4) is 32.5 Å². The molecule has 12 nitrogen and oxygen atoms in total. The van der Waals surface area contributed by atoms with Gasteiger partial charge in [0, 0.05) is 47.2 Å². The Morgan fingerprint density at radius 2 is 1.04 bits per heavy atom. The van der Waals surface area contributed by atoms with Crippen LogP contribution in [-0.4, -0.2) is 58.7 Å². The number of hydrogen-bond donors (Lipinski definition) is 2. The highest BCUT2D eigenvalue weighted by atomic mass is 35.5. The number of rotatable bonds is 15. The number of halogens is 4. The second-order valence-electron chi connectivity index (χ2n) is 13.2. The lowest BCUT2D eigenvalue weighted by molar-refractivity contribution is 0.105. The van der Waals surface area contributed by atoms with E-state index in [2.05, 4.69) is 0 Å². The van der Waals surface area contributed by atoms with Crippen LogP contribution in [0.3, 0.4) is 0 Å². The average molecular weight is 917 g/mol. The maximum absolute atomic E-state index is 11.9. The monoisotopic (exact) mass is 914 g/mol. The molecule has 56 heavy (non-hydrogen) atoms. The van der Waals surface area contributed by atoms with Gasteiger partial charge in [-0.1, -0.05) is 59.2 Å². The largest absolute Gasteiger partial charge is 0.375 e. The zero-order chi connectivity index (χ0) is 39.5. The van der Waals surface area contributed by atoms with Crippen LogP contribution in [0, 0.1) is 0 Å². The van der Waals surface area contributed by atoms with E-state index in [9.17, 15) is 25.9 Å². The topological polar surface area (TPSA) is 163 Å². The third-order valence-electron chi connectivity index (χ3n) is 9.46. The quantitative estimate of drug-likeness (QED) is 0.0748. The van der Waals surface area contributed by atoms with Crippen molar-refractivity contribution in [1.29, 1.82) is 0 Å². The van der Waals surface area contributed by atoms with Gasteiger partial charge in [-0.3, -0.25) is 9.11 Å². The van der Waals surface area contributed by atoms with Crippen molar-refractivity contribution in [3.05, 3.63) is 102 Å². The molecule has 4 aromatic heterocycles. The number of fused-ring (bicyclic) bond motifs is 6. The number of nitrogens with zero attached hydrogens (tertiary/aromatic N) is 4. The Balaban J connectivity index is 0.855. The zero-order valence-corrected chi connectivity index (χ0v) is 35.3. The third kappa shape index (κ3) is 7.84. The summed E-state index contributed by atoms with van der Waals surface area (Å²) in [7, 11) is -8.71. The molecule has 0 unspecified atom stereocenters. The van der Waals surface area contributed by atoms with E-state index in [1.54, 1.807) is 45.8 Å². The first-order chi connectivity index (χ1) is 26.7. The summed E-state index contributed by atoms with van der Waals surface area (Å²) >= 11 is 27.4. The van der Waals surface area contributed by atoms with Gasteiger partial charge in [0.2, 0.25) is 0 Å². The zero-order valence-electron chi connectivity index (χ0n) is 29.0. The fourth-order valence-electron chi connectivity index (χ4n) is 6.92. The number of aromatic nitrogens is 4. The van der Waals surface area contributed by atoms with E-state index in [4.69, 9.17) is 66.1 Å². The first-order valence-corrected chi connectivity index (χ1v) is 23.2. The number of benzene rings is 2. The summed E-state index contributed by atoms with van der Waals surface area (Å²) in [4.78, 5) is 1.41. The average Bonchev–Trinajstić information content (AvgIpc) is 3.94. The summed E-state index contributed by atoms with van der Waals surface area (Å²) in [6.45, 7) is 1.54. The second kappa shape index (κ2) is 15.7. The van der Waals surface area contributed by atoms with Crippen LogP contribution in [0.1, 0.15) is 59.3 Å². The molecule has 2 aliphatic rings. The Kier molecular flexibility index (Phi) is 11.2. The first kappa shape index (κ1) is 40.0. The molecule has 20 heteroatoms. The van der Waals surface area contributed by atoms with Crippen LogP contribution in [-0.2, 0) is 55.8 Å². The molecule has 0 spiro atoms. The van der Waals surface area contributed by atoms with Gasteiger partial charge in [-0.15, -0.1) is 22.7 Å². The summed E-state index contributed by atoms with van der Waals surface area (Å²) in [6, 6.07) is 13.1. The van der Waals surface area contributed by atoms with Crippen molar-refractivity contribution in [1.82, 2.24) is 19.6 Å². The molecule has 2 aromatic carbocycles. The molecule has 8 rings (SSSR count). The van der Waals surface area contributed by atoms with Gasteiger partial charge in [0.25, 0.3) is 0 Å². The van der Waals surface area contributed by atoms with Crippen LogP contribution in [0.2, 0.25) is 20.1 Å². The summed E-state index contributed by atoms with van der Waals surface area (Å²) in [5.41, 5.74) is 7.46. The minimum Gasteiger partial charge on any atom is -0.375 e. The molecule has 0 fully saturated rings. The van der Waals surface area contributed by atoms with Crippen LogP contribution in [0.15, 0.2) is 56.9 Å². The molecule has 0 radical (unpaired) electrons. The van der Waals surface area contributed by atoms with Crippen molar-refractivity contribution in [3.63, 3.8) is 0 Å². The van der Waals surface area contributed by atoms with E-state index >= 15 is 0 Å². The molecule has 0 saturated carbocycles. The van der Waals surface area contributed by atoms with E-state index in [0.717, 1.165) is 93.4 Å². The Morgan fingerprint density at radius 1 is 0.625 bits per heavy atom. The molecule has 0 saturated heterocycles. The van der Waals surface area contributed by atoms with Gasteiger partial charge in [-0.05, 0) is 72.5 Å². The Morgan fingerprint density at radius 3 is 1.41 bits per heavy atom. The Labute approximate surface area is 350 Å². The highest BCUT2D eigenvalue weighted by Crippen LogP contribution is 2.48. The van der Waals surface area contributed by atoms with E-state index in [0.29, 0.717) is 67.3 Å². The smallest absolute Gasteiger partial charge is 0.304 e. The molecule has 294 valence electrons. The van der Waals surface area contributed by atoms with Crippen molar-refractivity contribution in [2.24, 2.45) is 0 Å². The first-order valence-electron chi connectivity index (χ1n) is 17.2. The normalized spacial score (nSPS) is 13.3. The van der Waals surface area contributed by atoms with Crippen LogP contribution in [0.5, 0.6) is 0 Å². The predicted molar refractivity (Wildman–Crippen MR) is 217 cm³/mol. The number of ether oxygens (including phenoxy) is 2. The molecule has 6 aromatic rings. The lowest BCUT2D eigenvalue weighted by atomic mass is 10.1.